The van der Waals surface area contributed by atoms with Crippen LogP contribution in [-0.4, -0.2) is 36.2 Å². The molecule has 1 aliphatic heterocycles. The van der Waals surface area contributed by atoms with E-state index < -0.39 is 0 Å². The monoisotopic (exact) mass is 282 g/mol. The molecular formula is C14H19FN2OS. The van der Waals surface area contributed by atoms with Crippen LogP contribution in [0.25, 0.3) is 0 Å². The summed E-state index contributed by atoms with van der Waals surface area (Å²) in [6.45, 7) is 2.45. The lowest BCUT2D eigenvalue weighted by Gasteiger charge is -2.31. The van der Waals surface area contributed by atoms with Gasteiger partial charge in [-0.2, -0.15) is 0 Å². The number of benzene rings is 1. The van der Waals surface area contributed by atoms with Gasteiger partial charge in [-0.15, -0.1) is 0 Å². The predicted octanol–water partition coefficient (Wildman–Crippen LogP) is 2.07. The molecule has 1 aromatic carbocycles. The zero-order valence-corrected chi connectivity index (χ0v) is 11.9. The van der Waals surface area contributed by atoms with Gasteiger partial charge in [0.1, 0.15) is 10.8 Å². The number of piperidine rings is 1. The van der Waals surface area contributed by atoms with Crippen molar-refractivity contribution >= 4 is 17.2 Å². The molecule has 0 radical (unpaired) electrons. The maximum absolute atomic E-state index is 14.2. The Bertz CT molecular complexity index is 459. The third-order valence-corrected chi connectivity index (χ3v) is 3.83. The van der Waals surface area contributed by atoms with Crippen LogP contribution in [0.3, 0.4) is 0 Å². The van der Waals surface area contributed by atoms with Crippen LogP contribution in [0.4, 0.5) is 4.39 Å². The molecule has 0 bridgehead atoms. The first-order valence-corrected chi connectivity index (χ1v) is 6.85. The molecule has 0 atom stereocenters. The van der Waals surface area contributed by atoms with Crippen molar-refractivity contribution in [3.8, 4) is 0 Å². The molecule has 0 saturated carbocycles. The van der Waals surface area contributed by atoms with Gasteiger partial charge >= 0.3 is 0 Å². The van der Waals surface area contributed by atoms with Gasteiger partial charge in [-0.25, -0.2) is 4.39 Å². The minimum atomic E-state index is -0.288. The molecule has 2 rings (SSSR count). The molecule has 104 valence electrons. The average Bonchev–Trinajstić information content (AvgIpc) is 2.41. The molecule has 0 aromatic heterocycles. The van der Waals surface area contributed by atoms with E-state index in [9.17, 15) is 4.39 Å². The number of methoxy groups -OCH3 is 1. The van der Waals surface area contributed by atoms with E-state index in [1.165, 1.54) is 0 Å². The molecule has 19 heavy (non-hydrogen) atoms. The molecule has 2 N–H and O–H groups in total. The summed E-state index contributed by atoms with van der Waals surface area (Å²) in [5.41, 5.74) is 6.50. The van der Waals surface area contributed by atoms with Crippen LogP contribution in [0.5, 0.6) is 0 Å². The second kappa shape index (κ2) is 6.41. The highest BCUT2D eigenvalue weighted by molar-refractivity contribution is 7.80. The van der Waals surface area contributed by atoms with Crippen molar-refractivity contribution in [2.24, 2.45) is 5.73 Å². The molecular weight excluding hydrogens is 263 g/mol. The zero-order valence-electron chi connectivity index (χ0n) is 11.1. The fourth-order valence-electron chi connectivity index (χ4n) is 2.44. The summed E-state index contributed by atoms with van der Waals surface area (Å²) >= 11 is 4.85. The topological polar surface area (TPSA) is 38.5 Å². The highest BCUT2D eigenvalue weighted by Gasteiger charge is 2.20. The molecule has 1 heterocycles. The Morgan fingerprint density at radius 1 is 1.47 bits per heavy atom. The van der Waals surface area contributed by atoms with E-state index in [1.54, 1.807) is 25.3 Å². The quantitative estimate of drug-likeness (QED) is 0.858. The Morgan fingerprint density at radius 2 is 2.16 bits per heavy atom. The number of halogens is 1. The lowest BCUT2D eigenvalue weighted by molar-refractivity contribution is 0.0386. The lowest BCUT2D eigenvalue weighted by atomic mass is 10.1. The van der Waals surface area contributed by atoms with Gasteiger partial charge < -0.3 is 10.5 Å². The number of likely N-dealkylation sites (tertiary alicyclic amines) is 1. The summed E-state index contributed by atoms with van der Waals surface area (Å²) in [6, 6.07) is 5.21. The fraction of sp³-hybridized carbons (Fsp3) is 0.500. The van der Waals surface area contributed by atoms with E-state index in [4.69, 9.17) is 22.7 Å². The molecule has 5 heteroatoms. The number of thiocarbonyl (C=S) groups is 1. The second-order valence-corrected chi connectivity index (χ2v) is 5.29. The lowest BCUT2D eigenvalue weighted by Crippen LogP contribution is -2.36. The summed E-state index contributed by atoms with van der Waals surface area (Å²) in [6.07, 6.45) is 2.32. The maximum Gasteiger partial charge on any atom is 0.137 e. The van der Waals surface area contributed by atoms with Gasteiger partial charge in [-0.3, -0.25) is 4.90 Å². The first-order chi connectivity index (χ1) is 9.11. The van der Waals surface area contributed by atoms with Crippen LogP contribution in [0.1, 0.15) is 24.0 Å². The fourth-order valence-corrected chi connectivity index (χ4v) is 2.59. The van der Waals surface area contributed by atoms with Gasteiger partial charge in [0.2, 0.25) is 0 Å². The van der Waals surface area contributed by atoms with Crippen LogP contribution >= 0.6 is 12.2 Å². The van der Waals surface area contributed by atoms with Crippen molar-refractivity contribution in [2.75, 3.05) is 20.2 Å². The van der Waals surface area contributed by atoms with Crippen molar-refractivity contribution < 1.29 is 9.13 Å². The van der Waals surface area contributed by atoms with Gasteiger partial charge in [-0.1, -0.05) is 24.4 Å². The number of ether oxygens (including phenoxy) is 1. The van der Waals surface area contributed by atoms with Crippen LogP contribution in [0.15, 0.2) is 18.2 Å². The van der Waals surface area contributed by atoms with Crippen molar-refractivity contribution in [3.05, 3.63) is 35.1 Å². The van der Waals surface area contributed by atoms with Gasteiger partial charge in [0, 0.05) is 37.9 Å². The highest BCUT2D eigenvalue weighted by Crippen LogP contribution is 2.19. The predicted molar refractivity (Wildman–Crippen MR) is 77.6 cm³/mol. The standard InChI is InChI=1S/C14H19FN2OS/c1-18-11-5-7-17(8-6-11)9-10-3-2-4-12(13(10)15)14(16)19/h2-4,11H,5-9H2,1H3,(H2,16,19). The van der Waals surface area contributed by atoms with E-state index in [0.717, 1.165) is 25.9 Å². The Balaban J connectivity index is 2.04. The first-order valence-electron chi connectivity index (χ1n) is 6.44. The summed E-state index contributed by atoms with van der Waals surface area (Å²) < 4.78 is 19.5. The van der Waals surface area contributed by atoms with Crippen LogP contribution < -0.4 is 5.73 Å². The van der Waals surface area contributed by atoms with E-state index >= 15 is 0 Å². The molecule has 0 aliphatic carbocycles. The van der Waals surface area contributed by atoms with Gasteiger partial charge in [-0.05, 0) is 18.9 Å². The minimum absolute atomic E-state index is 0.109. The summed E-state index contributed by atoms with van der Waals surface area (Å²) in [5.74, 6) is -0.288. The van der Waals surface area contributed by atoms with Crippen LogP contribution in [0.2, 0.25) is 0 Å². The molecule has 0 spiro atoms. The SMILES string of the molecule is COC1CCN(Cc2cccc(C(N)=S)c2F)CC1. The Hall–Kier alpha value is -1.04. The van der Waals surface area contributed by atoms with Gasteiger partial charge in [0.05, 0.1) is 6.10 Å². The maximum atomic E-state index is 14.2. The van der Waals surface area contributed by atoms with Crippen LogP contribution in [-0.2, 0) is 11.3 Å². The largest absolute Gasteiger partial charge is 0.389 e. The normalized spacial score (nSPS) is 17.6. The number of rotatable bonds is 4. The summed E-state index contributed by atoms with van der Waals surface area (Å²) in [4.78, 5) is 2.34. The summed E-state index contributed by atoms with van der Waals surface area (Å²) in [7, 11) is 1.74. The second-order valence-electron chi connectivity index (χ2n) is 4.85. The Kier molecular flexibility index (Phi) is 4.85. The molecule has 1 fully saturated rings. The van der Waals surface area contributed by atoms with E-state index in [1.807, 2.05) is 0 Å². The van der Waals surface area contributed by atoms with E-state index in [-0.39, 0.29) is 10.8 Å². The van der Waals surface area contributed by atoms with Crippen molar-refractivity contribution in [1.29, 1.82) is 0 Å². The third kappa shape index (κ3) is 3.49. The van der Waals surface area contributed by atoms with Gasteiger partial charge in [0.25, 0.3) is 0 Å². The minimum Gasteiger partial charge on any atom is -0.389 e. The third-order valence-electron chi connectivity index (χ3n) is 3.61. The molecule has 0 amide bonds. The van der Waals surface area contributed by atoms with E-state index in [2.05, 4.69) is 4.90 Å². The number of hydrogen-bond donors (Lipinski definition) is 1. The van der Waals surface area contributed by atoms with E-state index in [0.29, 0.717) is 23.8 Å². The van der Waals surface area contributed by atoms with Crippen molar-refractivity contribution in [3.63, 3.8) is 0 Å². The highest BCUT2D eigenvalue weighted by atomic mass is 32.1. The first kappa shape index (κ1) is 14.4. The Morgan fingerprint density at radius 3 is 2.74 bits per heavy atom. The molecule has 1 aliphatic rings. The van der Waals surface area contributed by atoms with Crippen LogP contribution in [0, 0.1) is 5.82 Å². The number of nitrogens with two attached hydrogens (primary N) is 1. The van der Waals surface area contributed by atoms with Crippen molar-refractivity contribution in [2.45, 2.75) is 25.5 Å². The Labute approximate surface area is 118 Å². The molecule has 1 saturated heterocycles. The number of nitrogens with zero attached hydrogens (tertiary/aromatic N) is 1. The zero-order chi connectivity index (χ0) is 13.8. The summed E-state index contributed by atoms with van der Waals surface area (Å²) in [5, 5.41) is 0. The molecule has 1 aromatic rings. The smallest absolute Gasteiger partial charge is 0.137 e. The van der Waals surface area contributed by atoms with Gasteiger partial charge in [0.15, 0.2) is 0 Å². The number of hydrogen-bond acceptors (Lipinski definition) is 3. The average molecular weight is 282 g/mol. The van der Waals surface area contributed by atoms with Crippen molar-refractivity contribution in [1.82, 2.24) is 4.90 Å². The molecule has 0 unspecified atom stereocenters. The molecule has 3 nitrogen and oxygen atoms in total.